The molecule has 24 heavy (non-hydrogen) atoms. The van der Waals surface area contributed by atoms with E-state index in [9.17, 15) is 4.79 Å². The highest BCUT2D eigenvalue weighted by Crippen LogP contribution is 2.20. The molecule has 0 saturated heterocycles. The minimum atomic E-state index is -0.152. The zero-order chi connectivity index (χ0) is 17.1. The topological polar surface area (TPSA) is 50.2 Å². The summed E-state index contributed by atoms with van der Waals surface area (Å²) < 4.78 is 2.03. The van der Waals surface area contributed by atoms with Crippen LogP contribution >= 0.6 is 0 Å². The predicted molar refractivity (Wildman–Crippen MR) is 98.7 cm³/mol. The third-order valence-electron chi connectivity index (χ3n) is 4.11. The normalized spacial score (nSPS) is 10.8. The van der Waals surface area contributed by atoms with Crippen LogP contribution in [0.25, 0.3) is 10.9 Å². The van der Waals surface area contributed by atoms with Crippen molar-refractivity contribution < 1.29 is 4.79 Å². The Hall–Kier alpha value is -2.82. The molecule has 1 aromatic carbocycles. The summed E-state index contributed by atoms with van der Waals surface area (Å²) in [7, 11) is 3.99. The number of pyridine rings is 1. The van der Waals surface area contributed by atoms with Gasteiger partial charge in [0.15, 0.2) is 0 Å². The van der Waals surface area contributed by atoms with E-state index in [1.807, 2.05) is 55.2 Å². The molecule has 0 spiro atoms. The van der Waals surface area contributed by atoms with Gasteiger partial charge in [0.05, 0.1) is 5.56 Å². The first-order valence-corrected chi connectivity index (χ1v) is 8.12. The number of benzene rings is 1. The maximum Gasteiger partial charge on any atom is 0.257 e. The molecule has 0 saturated carbocycles. The Balaban J connectivity index is 1.74. The van der Waals surface area contributed by atoms with Crippen LogP contribution in [0.2, 0.25) is 0 Å². The summed E-state index contributed by atoms with van der Waals surface area (Å²) in [5, 5.41) is 4.09. The number of hydrogen-bond acceptors (Lipinski definition) is 3. The Morgan fingerprint density at radius 2 is 2.08 bits per heavy atom. The van der Waals surface area contributed by atoms with E-state index >= 15 is 0 Å². The SMILES string of the molecule is CCCN(C)c1ccc(C(=O)Nc2ccc3ccn(C)c3c2)cn1. The number of aromatic nitrogens is 2. The molecule has 0 bridgehead atoms. The molecule has 0 aliphatic carbocycles. The molecule has 2 heterocycles. The molecular weight excluding hydrogens is 300 g/mol. The van der Waals surface area contributed by atoms with Gasteiger partial charge >= 0.3 is 0 Å². The quantitative estimate of drug-likeness (QED) is 0.780. The van der Waals surface area contributed by atoms with E-state index in [0.29, 0.717) is 5.56 Å². The number of rotatable bonds is 5. The minimum absolute atomic E-state index is 0.152. The highest BCUT2D eigenvalue weighted by atomic mass is 16.1. The number of anilines is 2. The largest absolute Gasteiger partial charge is 0.360 e. The lowest BCUT2D eigenvalue weighted by molar-refractivity contribution is 0.102. The second-order valence-electron chi connectivity index (χ2n) is 5.98. The average Bonchev–Trinajstić information content (AvgIpc) is 2.96. The molecule has 1 amide bonds. The van der Waals surface area contributed by atoms with E-state index in [4.69, 9.17) is 0 Å². The third-order valence-corrected chi connectivity index (χ3v) is 4.11. The number of amides is 1. The molecule has 0 atom stereocenters. The molecular formula is C19H22N4O. The van der Waals surface area contributed by atoms with Gasteiger partial charge in [-0.25, -0.2) is 4.98 Å². The molecule has 1 N–H and O–H groups in total. The van der Waals surface area contributed by atoms with Gasteiger partial charge in [0.1, 0.15) is 5.82 Å². The van der Waals surface area contributed by atoms with Crippen LogP contribution in [0, 0.1) is 0 Å². The minimum Gasteiger partial charge on any atom is -0.360 e. The first kappa shape index (κ1) is 16.1. The van der Waals surface area contributed by atoms with E-state index in [0.717, 1.165) is 35.4 Å². The van der Waals surface area contributed by atoms with Crippen molar-refractivity contribution in [2.24, 2.45) is 7.05 Å². The summed E-state index contributed by atoms with van der Waals surface area (Å²) in [5.74, 6) is 0.722. The Kier molecular flexibility index (Phi) is 4.51. The number of nitrogens with zero attached hydrogens (tertiary/aromatic N) is 3. The Morgan fingerprint density at radius 1 is 1.25 bits per heavy atom. The van der Waals surface area contributed by atoms with Crippen LogP contribution in [0.3, 0.4) is 0 Å². The molecule has 124 valence electrons. The fraction of sp³-hybridized carbons (Fsp3) is 0.263. The molecule has 3 rings (SSSR count). The monoisotopic (exact) mass is 322 g/mol. The van der Waals surface area contributed by atoms with Crippen molar-refractivity contribution in [3.05, 3.63) is 54.4 Å². The summed E-state index contributed by atoms with van der Waals surface area (Å²) >= 11 is 0. The van der Waals surface area contributed by atoms with E-state index in [-0.39, 0.29) is 5.91 Å². The number of hydrogen-bond donors (Lipinski definition) is 1. The van der Waals surface area contributed by atoms with Crippen molar-refractivity contribution in [3.63, 3.8) is 0 Å². The zero-order valence-electron chi connectivity index (χ0n) is 14.3. The van der Waals surface area contributed by atoms with Crippen molar-refractivity contribution in [3.8, 4) is 0 Å². The molecule has 3 aromatic rings. The van der Waals surface area contributed by atoms with Gasteiger partial charge in [-0.3, -0.25) is 4.79 Å². The first-order valence-electron chi connectivity index (χ1n) is 8.12. The lowest BCUT2D eigenvalue weighted by Gasteiger charge is -2.17. The molecule has 0 aliphatic rings. The van der Waals surface area contributed by atoms with Crippen molar-refractivity contribution in [2.75, 3.05) is 23.8 Å². The summed E-state index contributed by atoms with van der Waals surface area (Å²) in [4.78, 5) is 18.9. The molecule has 0 unspecified atom stereocenters. The standard InChI is InChI=1S/C19H22N4O/c1-4-10-23(3)18-8-6-15(13-20-18)19(24)21-16-7-5-14-9-11-22(2)17(14)12-16/h5-9,11-13H,4,10H2,1-3H3,(H,21,24). The second-order valence-corrected chi connectivity index (χ2v) is 5.98. The molecule has 0 aliphatic heterocycles. The van der Waals surface area contributed by atoms with E-state index in [1.54, 1.807) is 6.20 Å². The summed E-state index contributed by atoms with van der Waals surface area (Å²) in [6.45, 7) is 3.07. The number of fused-ring (bicyclic) bond motifs is 1. The van der Waals surface area contributed by atoms with Crippen LogP contribution in [-0.2, 0) is 7.05 Å². The van der Waals surface area contributed by atoms with Gasteiger partial charge < -0.3 is 14.8 Å². The summed E-state index contributed by atoms with van der Waals surface area (Å²) in [5.41, 5.74) is 2.42. The number of carbonyl (C=O) groups excluding carboxylic acids is 1. The van der Waals surface area contributed by atoms with Crippen molar-refractivity contribution in [1.82, 2.24) is 9.55 Å². The van der Waals surface area contributed by atoms with Gasteiger partial charge in [0, 0.05) is 44.2 Å². The van der Waals surface area contributed by atoms with Crippen LogP contribution in [-0.4, -0.2) is 29.1 Å². The summed E-state index contributed by atoms with van der Waals surface area (Å²) in [6.07, 6.45) is 4.69. The smallest absolute Gasteiger partial charge is 0.257 e. The Labute approximate surface area is 141 Å². The Morgan fingerprint density at radius 3 is 2.79 bits per heavy atom. The van der Waals surface area contributed by atoms with E-state index in [2.05, 4.69) is 28.2 Å². The lowest BCUT2D eigenvalue weighted by Crippen LogP contribution is -2.19. The maximum atomic E-state index is 12.4. The van der Waals surface area contributed by atoms with Gasteiger partial charge in [-0.05, 0) is 42.1 Å². The Bertz CT molecular complexity index is 851. The van der Waals surface area contributed by atoms with Gasteiger partial charge in [0.2, 0.25) is 0 Å². The number of nitrogens with one attached hydrogen (secondary N) is 1. The van der Waals surface area contributed by atoms with Crippen LogP contribution in [0.4, 0.5) is 11.5 Å². The van der Waals surface area contributed by atoms with Crippen molar-refractivity contribution in [1.29, 1.82) is 0 Å². The third kappa shape index (κ3) is 3.25. The van der Waals surface area contributed by atoms with Gasteiger partial charge in [-0.15, -0.1) is 0 Å². The predicted octanol–water partition coefficient (Wildman–Crippen LogP) is 3.67. The van der Waals surface area contributed by atoms with Crippen LogP contribution in [0.15, 0.2) is 48.8 Å². The molecule has 5 heteroatoms. The van der Waals surface area contributed by atoms with Crippen LogP contribution in [0.1, 0.15) is 23.7 Å². The number of aryl methyl sites for hydroxylation is 1. The van der Waals surface area contributed by atoms with Gasteiger partial charge in [-0.1, -0.05) is 13.0 Å². The molecule has 0 radical (unpaired) electrons. The zero-order valence-corrected chi connectivity index (χ0v) is 14.3. The van der Waals surface area contributed by atoms with Gasteiger partial charge in [0.25, 0.3) is 5.91 Å². The second kappa shape index (κ2) is 6.74. The molecule has 0 fully saturated rings. The van der Waals surface area contributed by atoms with E-state index < -0.39 is 0 Å². The first-order chi connectivity index (χ1) is 11.6. The fourth-order valence-electron chi connectivity index (χ4n) is 2.74. The maximum absolute atomic E-state index is 12.4. The van der Waals surface area contributed by atoms with E-state index in [1.165, 1.54) is 0 Å². The molecule has 5 nitrogen and oxygen atoms in total. The molecule has 2 aromatic heterocycles. The highest BCUT2D eigenvalue weighted by Gasteiger charge is 2.09. The lowest BCUT2D eigenvalue weighted by atomic mass is 10.2. The highest BCUT2D eigenvalue weighted by molar-refractivity contribution is 6.05. The van der Waals surface area contributed by atoms with Gasteiger partial charge in [-0.2, -0.15) is 0 Å². The van der Waals surface area contributed by atoms with Crippen molar-refractivity contribution >= 4 is 28.3 Å². The van der Waals surface area contributed by atoms with Crippen molar-refractivity contribution in [2.45, 2.75) is 13.3 Å². The summed E-state index contributed by atoms with van der Waals surface area (Å²) in [6, 6.07) is 11.6. The number of carbonyl (C=O) groups is 1. The van der Waals surface area contributed by atoms with Crippen LogP contribution in [0.5, 0.6) is 0 Å². The van der Waals surface area contributed by atoms with Crippen LogP contribution < -0.4 is 10.2 Å². The average molecular weight is 322 g/mol. The fourth-order valence-corrected chi connectivity index (χ4v) is 2.74.